The summed E-state index contributed by atoms with van der Waals surface area (Å²) in [6, 6.07) is 7.20. The predicted molar refractivity (Wildman–Crippen MR) is 157 cm³/mol. The van der Waals surface area contributed by atoms with Crippen LogP contribution in [0.3, 0.4) is 0 Å². The molecule has 5 rings (SSSR count). The van der Waals surface area contributed by atoms with Crippen molar-refractivity contribution in [1.29, 1.82) is 0 Å². The summed E-state index contributed by atoms with van der Waals surface area (Å²) in [4.78, 5) is 31.0. The minimum absolute atomic E-state index is 0.0440. The number of ether oxygens (including phenoxy) is 1. The number of hydrogen-bond acceptors (Lipinski definition) is 9. The third-order valence-electron chi connectivity index (χ3n) is 7.16. The molecule has 0 saturated carbocycles. The van der Waals surface area contributed by atoms with Crippen molar-refractivity contribution >= 4 is 39.1 Å². The average molecular weight is 634 g/mol. The fourth-order valence-corrected chi connectivity index (χ4v) is 6.91. The van der Waals surface area contributed by atoms with Crippen LogP contribution in [-0.2, 0) is 25.9 Å². The molecule has 12 nitrogen and oxygen atoms in total. The van der Waals surface area contributed by atoms with Crippen molar-refractivity contribution < 1.29 is 27.1 Å². The van der Waals surface area contributed by atoms with Crippen molar-refractivity contribution in [3.63, 3.8) is 0 Å². The van der Waals surface area contributed by atoms with E-state index in [-0.39, 0.29) is 29.7 Å². The van der Waals surface area contributed by atoms with Gasteiger partial charge in [0, 0.05) is 11.6 Å². The van der Waals surface area contributed by atoms with Crippen molar-refractivity contribution in [2.45, 2.75) is 62.7 Å². The molecule has 2 amide bonds. The maximum absolute atomic E-state index is 15.6. The summed E-state index contributed by atoms with van der Waals surface area (Å²) >= 11 is 6.05. The molecule has 3 heterocycles. The second kappa shape index (κ2) is 11.8. The second-order valence-corrected chi connectivity index (χ2v) is 14.3. The van der Waals surface area contributed by atoms with E-state index < -0.39 is 49.9 Å². The number of anilines is 1. The Labute approximate surface area is 254 Å². The lowest BCUT2D eigenvalue weighted by Gasteiger charge is -2.28. The number of amides is 2. The van der Waals surface area contributed by atoms with E-state index in [2.05, 4.69) is 25.6 Å². The Kier molecular flexibility index (Phi) is 8.47. The standard InChI is InChI=1S/C28H33ClFN7O5S/c1-28(2,3)42-27(39)31-22-16-43(40,41)24-13-21(30)20(25-32-34-37(33-25)19-6-5-11-35(4)15-19)12-23(24)36(26(22)38)14-17-7-9-18(29)10-8-17/h7-10,12-13,19,22H,5-6,11,14-16H2,1-4H3,(H,31,39)/t19?,22-/m0/s1. The zero-order valence-corrected chi connectivity index (χ0v) is 25.8. The molecule has 2 aromatic carbocycles. The van der Waals surface area contributed by atoms with Crippen molar-refractivity contribution in [3.05, 3.63) is 52.8 Å². The lowest BCUT2D eigenvalue weighted by molar-refractivity contribution is -0.120. The van der Waals surface area contributed by atoms with E-state index in [1.165, 1.54) is 15.8 Å². The molecular weight excluding hydrogens is 601 g/mol. The number of halogens is 2. The molecule has 2 aliphatic heterocycles. The molecule has 0 radical (unpaired) electrons. The first-order valence-corrected chi connectivity index (χ1v) is 15.8. The van der Waals surface area contributed by atoms with E-state index in [9.17, 15) is 18.0 Å². The Morgan fingerprint density at radius 2 is 1.93 bits per heavy atom. The number of hydrogen-bond donors (Lipinski definition) is 1. The smallest absolute Gasteiger partial charge is 0.408 e. The summed E-state index contributed by atoms with van der Waals surface area (Å²) in [5, 5.41) is 15.5. The number of aromatic nitrogens is 4. The number of nitrogens with one attached hydrogen (secondary N) is 1. The van der Waals surface area contributed by atoms with Crippen molar-refractivity contribution in [1.82, 2.24) is 30.4 Å². The summed E-state index contributed by atoms with van der Waals surface area (Å²) in [6.07, 6.45) is 0.823. The quantitative estimate of drug-likeness (QED) is 0.446. The maximum atomic E-state index is 15.6. The number of tetrazole rings is 1. The molecule has 1 fully saturated rings. The minimum Gasteiger partial charge on any atom is -0.444 e. The highest BCUT2D eigenvalue weighted by molar-refractivity contribution is 7.91. The molecule has 0 bridgehead atoms. The summed E-state index contributed by atoms with van der Waals surface area (Å²) in [5.41, 5.74) is -0.455. The number of carbonyl (C=O) groups excluding carboxylic acids is 2. The highest BCUT2D eigenvalue weighted by atomic mass is 35.5. The lowest BCUT2D eigenvalue weighted by atomic mass is 10.1. The van der Waals surface area contributed by atoms with Gasteiger partial charge >= 0.3 is 6.09 Å². The molecule has 2 aliphatic rings. The normalized spacial score (nSPS) is 20.8. The van der Waals surface area contributed by atoms with Gasteiger partial charge in [-0.05, 0) is 82.2 Å². The van der Waals surface area contributed by atoms with Gasteiger partial charge in [0.1, 0.15) is 17.5 Å². The van der Waals surface area contributed by atoms with Gasteiger partial charge in [-0.1, -0.05) is 23.7 Å². The van der Waals surface area contributed by atoms with Gasteiger partial charge in [0.2, 0.25) is 5.82 Å². The summed E-state index contributed by atoms with van der Waals surface area (Å²) in [6.45, 7) is 6.49. The predicted octanol–water partition coefficient (Wildman–Crippen LogP) is 3.61. The Morgan fingerprint density at radius 1 is 1.21 bits per heavy atom. The SMILES string of the molecule is CN1CCCC(n2nnc(-c3cc4c(cc3F)S(=O)(=O)C[C@H](NC(=O)OC(C)(C)C)C(=O)N4Cc3ccc(Cl)cc3)n2)C1. The molecule has 1 N–H and O–H groups in total. The number of fused-ring (bicyclic) bond motifs is 1. The van der Waals surface area contributed by atoms with Crippen LogP contribution in [0.5, 0.6) is 0 Å². The van der Waals surface area contributed by atoms with Crippen LogP contribution in [0.1, 0.15) is 45.2 Å². The van der Waals surface area contributed by atoms with Crippen molar-refractivity contribution in [2.24, 2.45) is 0 Å². The Morgan fingerprint density at radius 3 is 2.60 bits per heavy atom. The van der Waals surface area contributed by atoms with E-state index in [0.29, 0.717) is 17.1 Å². The molecule has 2 atom stereocenters. The number of rotatable bonds is 5. The highest BCUT2D eigenvalue weighted by Crippen LogP contribution is 2.37. The van der Waals surface area contributed by atoms with E-state index >= 15 is 4.39 Å². The minimum atomic E-state index is -4.28. The number of nitrogens with zero attached hydrogens (tertiary/aromatic N) is 6. The van der Waals surface area contributed by atoms with Crippen LogP contribution >= 0.6 is 11.6 Å². The van der Waals surface area contributed by atoms with Gasteiger partial charge in [0.15, 0.2) is 9.84 Å². The van der Waals surface area contributed by atoms with Crippen molar-refractivity contribution in [2.75, 3.05) is 30.8 Å². The largest absolute Gasteiger partial charge is 0.444 e. The third-order valence-corrected chi connectivity index (χ3v) is 9.19. The van der Waals surface area contributed by atoms with Crippen LogP contribution in [0, 0.1) is 5.82 Å². The van der Waals surface area contributed by atoms with Crippen LogP contribution < -0.4 is 10.2 Å². The lowest BCUT2D eigenvalue weighted by Crippen LogP contribution is -2.51. The number of likely N-dealkylation sites (tertiary alicyclic amines) is 1. The van der Waals surface area contributed by atoms with Crippen LogP contribution in [0.15, 0.2) is 41.3 Å². The topological polar surface area (TPSA) is 140 Å². The van der Waals surface area contributed by atoms with Gasteiger partial charge in [-0.2, -0.15) is 4.80 Å². The molecular formula is C28H33ClFN7O5S. The fourth-order valence-electron chi connectivity index (χ4n) is 5.17. The van der Waals surface area contributed by atoms with Gasteiger partial charge < -0.3 is 19.9 Å². The number of alkyl carbamates (subject to hydrolysis) is 1. The first-order chi connectivity index (χ1) is 20.2. The first-order valence-electron chi connectivity index (χ1n) is 13.8. The molecule has 230 valence electrons. The molecule has 43 heavy (non-hydrogen) atoms. The number of piperidine rings is 1. The molecule has 0 aliphatic carbocycles. The number of sulfone groups is 1. The maximum Gasteiger partial charge on any atom is 0.408 e. The monoisotopic (exact) mass is 633 g/mol. The molecule has 3 aromatic rings. The van der Waals surface area contributed by atoms with E-state index in [1.807, 2.05) is 7.05 Å². The average Bonchev–Trinajstić information content (AvgIpc) is 3.39. The Hall–Kier alpha value is -3.62. The summed E-state index contributed by atoms with van der Waals surface area (Å²) in [5.74, 6) is -2.45. The van der Waals surface area contributed by atoms with Gasteiger partial charge in [0.25, 0.3) is 5.91 Å². The molecule has 1 unspecified atom stereocenters. The number of carbonyl (C=O) groups is 2. The Bertz CT molecular complexity index is 1640. The van der Waals surface area contributed by atoms with Crippen LogP contribution in [0.4, 0.5) is 14.9 Å². The Balaban J connectivity index is 1.57. The van der Waals surface area contributed by atoms with Crippen LogP contribution in [0.2, 0.25) is 5.02 Å². The molecule has 1 aromatic heterocycles. The number of likely N-dealkylation sites (N-methyl/N-ethyl adjacent to an activating group) is 1. The summed E-state index contributed by atoms with van der Waals surface area (Å²) < 4.78 is 48.1. The van der Waals surface area contributed by atoms with Gasteiger partial charge in [-0.3, -0.25) is 4.79 Å². The van der Waals surface area contributed by atoms with Gasteiger partial charge in [-0.15, -0.1) is 10.2 Å². The molecule has 15 heteroatoms. The van der Waals surface area contributed by atoms with Crippen LogP contribution in [0.25, 0.3) is 11.4 Å². The fraction of sp³-hybridized carbons (Fsp3) is 0.464. The van der Waals surface area contributed by atoms with E-state index in [0.717, 1.165) is 25.5 Å². The van der Waals surface area contributed by atoms with E-state index in [4.69, 9.17) is 16.3 Å². The molecule has 0 spiro atoms. The zero-order chi connectivity index (χ0) is 31.1. The van der Waals surface area contributed by atoms with Crippen LogP contribution in [-0.4, -0.2) is 83.1 Å². The second-order valence-electron chi connectivity index (χ2n) is 11.8. The third kappa shape index (κ3) is 6.97. The summed E-state index contributed by atoms with van der Waals surface area (Å²) in [7, 11) is -2.29. The zero-order valence-electron chi connectivity index (χ0n) is 24.3. The van der Waals surface area contributed by atoms with Crippen molar-refractivity contribution in [3.8, 4) is 11.4 Å². The molecule has 1 saturated heterocycles. The van der Waals surface area contributed by atoms with Gasteiger partial charge in [-0.25, -0.2) is 17.6 Å². The number of benzene rings is 2. The first kappa shape index (κ1) is 30.8. The van der Waals surface area contributed by atoms with E-state index in [1.54, 1.807) is 45.0 Å². The highest BCUT2D eigenvalue weighted by Gasteiger charge is 2.40. The van der Waals surface area contributed by atoms with Gasteiger partial charge in [0.05, 0.1) is 34.5 Å².